The van der Waals surface area contributed by atoms with Crippen molar-refractivity contribution in [1.29, 1.82) is 0 Å². The second-order valence-electron chi connectivity index (χ2n) is 8.79. The maximum atomic E-state index is 13.1. The number of rotatable bonds is 9. The normalized spacial score (nSPS) is 16.1. The minimum absolute atomic E-state index is 0.00856. The van der Waals surface area contributed by atoms with Gasteiger partial charge in [0.05, 0.1) is 13.2 Å². The van der Waals surface area contributed by atoms with Crippen LogP contribution >= 0.6 is 0 Å². The monoisotopic (exact) mass is 440 g/mol. The molecule has 2 amide bonds. The zero-order valence-electron chi connectivity index (χ0n) is 19.2. The predicted molar refractivity (Wildman–Crippen MR) is 125 cm³/mol. The van der Waals surface area contributed by atoms with Crippen LogP contribution in [0.5, 0.6) is 0 Å². The van der Waals surface area contributed by atoms with Gasteiger partial charge in [0.25, 0.3) is 5.91 Å². The zero-order chi connectivity index (χ0) is 23.1. The van der Waals surface area contributed by atoms with Crippen LogP contribution in [0.3, 0.4) is 0 Å². The first-order valence-electron chi connectivity index (χ1n) is 11.3. The molecule has 1 fully saturated rings. The molecule has 1 aliphatic heterocycles. The van der Waals surface area contributed by atoms with Gasteiger partial charge >= 0.3 is 7.69 Å². The Morgan fingerprint density at radius 1 is 1.19 bits per heavy atom. The maximum Gasteiger partial charge on any atom is 0.436 e. The molecule has 8 heteroatoms. The molecular weight excluding hydrogens is 407 g/mol. The topological polar surface area (TPSA) is 88.1 Å². The highest BCUT2D eigenvalue weighted by Gasteiger charge is 2.23. The maximum absolute atomic E-state index is 13.1. The number of carbonyl (C=O) groups is 2. The molecule has 0 aliphatic carbocycles. The highest BCUT2D eigenvalue weighted by molar-refractivity contribution is 6.15. The molecule has 0 aromatic heterocycles. The van der Waals surface area contributed by atoms with Gasteiger partial charge in [-0.15, -0.1) is 0 Å². The zero-order valence-corrected chi connectivity index (χ0v) is 19.2. The van der Waals surface area contributed by atoms with Crippen molar-refractivity contribution >= 4 is 30.3 Å². The van der Waals surface area contributed by atoms with Crippen LogP contribution in [0.1, 0.15) is 43.1 Å². The number of morpholine rings is 1. The van der Waals surface area contributed by atoms with Gasteiger partial charge in [0.15, 0.2) is 0 Å². The Bertz CT molecular complexity index is 930. The lowest BCUT2D eigenvalue weighted by molar-refractivity contribution is -0.127. The summed E-state index contributed by atoms with van der Waals surface area (Å²) >= 11 is 0. The van der Waals surface area contributed by atoms with E-state index in [-0.39, 0.29) is 17.7 Å². The molecule has 1 saturated heterocycles. The third-order valence-electron chi connectivity index (χ3n) is 5.73. The molecule has 1 aliphatic rings. The lowest BCUT2D eigenvalue weighted by Crippen LogP contribution is -2.42. The molecule has 32 heavy (non-hydrogen) atoms. The van der Waals surface area contributed by atoms with Crippen molar-refractivity contribution in [1.82, 2.24) is 10.2 Å². The summed E-state index contributed by atoms with van der Waals surface area (Å²) in [6.45, 7) is 8.21. The summed E-state index contributed by atoms with van der Waals surface area (Å²) in [5, 5.41) is 14.0. The van der Waals surface area contributed by atoms with Crippen molar-refractivity contribution in [2.24, 2.45) is 11.8 Å². The fraction of sp³-hybridized carbons (Fsp3) is 0.500. The third-order valence-corrected chi connectivity index (χ3v) is 5.73. The lowest BCUT2D eigenvalue weighted by atomic mass is 9.93. The van der Waals surface area contributed by atoms with Gasteiger partial charge in [0.2, 0.25) is 5.91 Å². The number of ether oxygens (including phenoxy) is 1. The molecule has 2 atom stereocenters. The van der Waals surface area contributed by atoms with Crippen LogP contribution in [0, 0.1) is 11.8 Å². The second kappa shape index (κ2) is 11.5. The summed E-state index contributed by atoms with van der Waals surface area (Å²) in [6.07, 6.45) is 0.580. The van der Waals surface area contributed by atoms with Crippen LogP contribution in [-0.4, -0.2) is 62.0 Å². The quantitative estimate of drug-likeness (QED) is 0.462. The summed E-state index contributed by atoms with van der Waals surface area (Å²) in [5.41, 5.74) is 1.60. The molecule has 0 radical (unpaired) electrons. The van der Waals surface area contributed by atoms with E-state index in [1.807, 2.05) is 62.1 Å². The average molecular weight is 440 g/mol. The highest BCUT2D eigenvalue weighted by atomic mass is 16.5. The summed E-state index contributed by atoms with van der Waals surface area (Å²) in [5.74, 6) is -0.165. The summed E-state index contributed by atoms with van der Waals surface area (Å²) in [6, 6.07) is 11.8. The number of fused-ring (bicyclic) bond motifs is 1. The number of benzene rings is 2. The molecule has 2 N–H and O–H groups in total. The molecule has 2 aromatic carbocycles. The molecule has 172 valence electrons. The first-order valence-corrected chi connectivity index (χ1v) is 11.3. The van der Waals surface area contributed by atoms with E-state index in [4.69, 9.17) is 14.4 Å². The van der Waals surface area contributed by atoms with Crippen molar-refractivity contribution in [3.8, 4) is 0 Å². The van der Waals surface area contributed by atoms with E-state index in [0.29, 0.717) is 50.6 Å². The Hall–Kier alpha value is -2.42. The van der Waals surface area contributed by atoms with Gasteiger partial charge < -0.3 is 24.6 Å². The first kappa shape index (κ1) is 24.2. The molecule has 7 nitrogen and oxygen atoms in total. The van der Waals surface area contributed by atoms with Gasteiger partial charge in [0, 0.05) is 24.6 Å². The van der Waals surface area contributed by atoms with Crippen molar-refractivity contribution in [2.75, 3.05) is 26.3 Å². The molecule has 2 aromatic rings. The van der Waals surface area contributed by atoms with E-state index in [1.54, 1.807) is 0 Å². The van der Waals surface area contributed by atoms with Crippen LogP contribution < -0.4 is 5.32 Å². The summed E-state index contributed by atoms with van der Waals surface area (Å²) in [4.78, 5) is 27.8. The number of hydrogen-bond acceptors (Lipinski definition) is 5. The van der Waals surface area contributed by atoms with Crippen molar-refractivity contribution in [3.63, 3.8) is 0 Å². The SMILES string of the molecule is CC(C)C[C@H](NC(=O)C(C)Cc1cc(C(=O)N2CCOCC2)cc2ccccc12)OBO. The van der Waals surface area contributed by atoms with E-state index >= 15 is 0 Å². The summed E-state index contributed by atoms with van der Waals surface area (Å²) < 4.78 is 10.6. The lowest BCUT2D eigenvalue weighted by Gasteiger charge is -2.27. The van der Waals surface area contributed by atoms with Gasteiger partial charge in [-0.05, 0) is 47.2 Å². The molecule has 1 heterocycles. The standard InChI is InChI=1S/C24H33BN2O5/c1-16(2)12-22(32-25-30)26-23(28)17(3)13-19-15-20(14-18-6-4-5-7-21(18)19)24(29)27-8-10-31-11-9-27/h4-7,14-17,22,25,30H,8-13H2,1-3H3,(H,26,28)/t17?,22-/m1/s1. The van der Waals surface area contributed by atoms with E-state index in [9.17, 15) is 9.59 Å². The first-order chi connectivity index (χ1) is 15.4. The van der Waals surface area contributed by atoms with Gasteiger partial charge in [-0.1, -0.05) is 45.0 Å². The molecule has 0 bridgehead atoms. The Morgan fingerprint density at radius 3 is 2.59 bits per heavy atom. The van der Waals surface area contributed by atoms with E-state index in [1.165, 1.54) is 0 Å². The van der Waals surface area contributed by atoms with Crippen LogP contribution in [0.15, 0.2) is 36.4 Å². The Morgan fingerprint density at radius 2 is 1.91 bits per heavy atom. The molecule has 0 spiro atoms. The third kappa shape index (κ3) is 6.31. The predicted octanol–water partition coefficient (Wildman–Crippen LogP) is 2.25. The van der Waals surface area contributed by atoms with Crippen LogP contribution in [-0.2, 0) is 20.6 Å². The minimum atomic E-state index is -0.527. The largest absolute Gasteiger partial charge is 0.436 e. The van der Waals surface area contributed by atoms with E-state index in [2.05, 4.69) is 5.32 Å². The molecule has 3 rings (SSSR count). The van der Waals surface area contributed by atoms with Gasteiger partial charge in [-0.25, -0.2) is 0 Å². The van der Waals surface area contributed by atoms with E-state index in [0.717, 1.165) is 16.3 Å². The smallest absolute Gasteiger partial charge is 0.430 e. The van der Waals surface area contributed by atoms with Crippen molar-refractivity contribution < 1.29 is 24.0 Å². The van der Waals surface area contributed by atoms with Crippen molar-refractivity contribution in [2.45, 2.75) is 39.8 Å². The van der Waals surface area contributed by atoms with Crippen molar-refractivity contribution in [3.05, 3.63) is 47.5 Å². The van der Waals surface area contributed by atoms with Gasteiger partial charge in [-0.2, -0.15) is 0 Å². The summed E-state index contributed by atoms with van der Waals surface area (Å²) in [7, 11) is -0.442. The number of amides is 2. The molecule has 1 unspecified atom stereocenters. The van der Waals surface area contributed by atoms with Gasteiger partial charge in [0.1, 0.15) is 6.23 Å². The van der Waals surface area contributed by atoms with Crippen LogP contribution in [0.2, 0.25) is 0 Å². The Balaban J connectivity index is 1.80. The fourth-order valence-electron chi connectivity index (χ4n) is 4.04. The average Bonchev–Trinajstić information content (AvgIpc) is 2.78. The number of nitrogens with zero attached hydrogens (tertiary/aromatic N) is 1. The Labute approximate surface area is 190 Å². The van der Waals surface area contributed by atoms with E-state index < -0.39 is 13.9 Å². The minimum Gasteiger partial charge on any atom is -0.430 e. The molecular formula is C24H33BN2O5. The number of nitrogens with one attached hydrogen (secondary N) is 1. The Kier molecular flexibility index (Phi) is 8.67. The van der Waals surface area contributed by atoms with Crippen LogP contribution in [0.25, 0.3) is 10.8 Å². The molecule has 0 saturated carbocycles. The number of carbonyl (C=O) groups excluding carboxylic acids is 2. The second-order valence-corrected chi connectivity index (χ2v) is 8.79. The van der Waals surface area contributed by atoms with Gasteiger partial charge in [-0.3, -0.25) is 9.59 Å². The highest BCUT2D eigenvalue weighted by Crippen LogP contribution is 2.25. The fourth-order valence-corrected chi connectivity index (χ4v) is 4.04. The van der Waals surface area contributed by atoms with Crippen LogP contribution in [0.4, 0.5) is 0 Å². The number of hydrogen-bond donors (Lipinski definition) is 2.